The van der Waals surface area contributed by atoms with Crippen molar-refractivity contribution < 1.29 is 14.2 Å². The van der Waals surface area contributed by atoms with E-state index in [4.69, 9.17) is 14.2 Å². The number of hydrogen-bond acceptors (Lipinski definition) is 5. The molecule has 0 spiro atoms. The van der Waals surface area contributed by atoms with Crippen LogP contribution in [0.1, 0.15) is 115 Å². The standard InChI is InChI=1S/C32H55NO3S/c1-3-5-6-7-8-9-10-11-12-13-14-15-16-17-23-34-27-32(36-4-2)28-35-26-31-20-18-30(19-21-31)25-33-22-24-37-29-33/h18-22,24,32H,3-17,23,25-29H2,1-2H3. The van der Waals surface area contributed by atoms with E-state index >= 15 is 0 Å². The molecule has 1 unspecified atom stereocenters. The second-order valence-corrected chi connectivity index (χ2v) is 11.3. The van der Waals surface area contributed by atoms with Crippen molar-refractivity contribution in [1.82, 2.24) is 4.90 Å². The lowest BCUT2D eigenvalue weighted by atomic mass is 10.0. The highest BCUT2D eigenvalue weighted by atomic mass is 32.2. The minimum absolute atomic E-state index is 0.00960. The van der Waals surface area contributed by atoms with Crippen LogP contribution < -0.4 is 0 Å². The Balaban J connectivity index is 1.40. The molecule has 1 aliphatic heterocycles. The summed E-state index contributed by atoms with van der Waals surface area (Å²) in [6, 6.07) is 8.75. The largest absolute Gasteiger partial charge is 0.379 e. The van der Waals surface area contributed by atoms with E-state index in [0.717, 1.165) is 25.4 Å². The Morgan fingerprint density at radius 1 is 0.730 bits per heavy atom. The third-order valence-electron chi connectivity index (χ3n) is 6.94. The summed E-state index contributed by atoms with van der Waals surface area (Å²) in [7, 11) is 0. The maximum Gasteiger partial charge on any atom is 0.104 e. The van der Waals surface area contributed by atoms with Crippen molar-refractivity contribution in [3.8, 4) is 0 Å². The van der Waals surface area contributed by atoms with Gasteiger partial charge in [-0.2, -0.15) is 0 Å². The Morgan fingerprint density at radius 3 is 1.86 bits per heavy atom. The minimum atomic E-state index is 0.00960. The van der Waals surface area contributed by atoms with Gasteiger partial charge in [0.25, 0.3) is 0 Å². The topological polar surface area (TPSA) is 30.9 Å². The molecule has 0 saturated carbocycles. The van der Waals surface area contributed by atoms with Gasteiger partial charge < -0.3 is 19.1 Å². The van der Waals surface area contributed by atoms with Gasteiger partial charge in [-0.1, -0.05) is 115 Å². The summed E-state index contributed by atoms with van der Waals surface area (Å²) in [4.78, 5) is 2.32. The third-order valence-corrected chi connectivity index (χ3v) is 7.73. The smallest absolute Gasteiger partial charge is 0.104 e. The molecule has 0 saturated heterocycles. The van der Waals surface area contributed by atoms with Crippen LogP contribution in [0.5, 0.6) is 0 Å². The molecule has 1 atom stereocenters. The first-order valence-corrected chi connectivity index (χ1v) is 16.2. The van der Waals surface area contributed by atoms with E-state index in [2.05, 4.69) is 47.7 Å². The van der Waals surface area contributed by atoms with Crippen LogP contribution in [-0.2, 0) is 27.4 Å². The van der Waals surface area contributed by atoms with Gasteiger partial charge in [-0.05, 0) is 29.9 Å². The molecule has 0 aromatic heterocycles. The van der Waals surface area contributed by atoms with Crippen molar-refractivity contribution in [2.24, 2.45) is 0 Å². The fourth-order valence-corrected chi connectivity index (χ4v) is 5.40. The molecule has 0 amide bonds. The zero-order chi connectivity index (χ0) is 26.2. The van der Waals surface area contributed by atoms with E-state index in [0.29, 0.717) is 26.4 Å². The number of rotatable bonds is 25. The molecule has 212 valence electrons. The zero-order valence-electron chi connectivity index (χ0n) is 24.0. The molecule has 1 aromatic carbocycles. The zero-order valence-corrected chi connectivity index (χ0v) is 24.8. The highest BCUT2D eigenvalue weighted by molar-refractivity contribution is 8.02. The molecular formula is C32H55NO3S. The first kappa shape index (κ1) is 32.2. The molecule has 1 aromatic rings. The maximum atomic E-state index is 5.96. The van der Waals surface area contributed by atoms with E-state index in [9.17, 15) is 0 Å². The molecule has 0 radical (unpaired) electrons. The number of benzene rings is 1. The van der Waals surface area contributed by atoms with Crippen molar-refractivity contribution in [3.05, 3.63) is 47.0 Å². The molecular weight excluding hydrogens is 478 g/mol. The van der Waals surface area contributed by atoms with Crippen LogP contribution in [0.25, 0.3) is 0 Å². The summed E-state index contributed by atoms with van der Waals surface area (Å²) in [6.07, 6.45) is 21.5. The van der Waals surface area contributed by atoms with Crippen LogP contribution in [0.2, 0.25) is 0 Å². The Labute approximate surface area is 232 Å². The van der Waals surface area contributed by atoms with Crippen LogP contribution in [0, 0.1) is 0 Å². The van der Waals surface area contributed by atoms with Crippen molar-refractivity contribution >= 4 is 11.8 Å². The van der Waals surface area contributed by atoms with Gasteiger partial charge in [0.1, 0.15) is 6.10 Å². The van der Waals surface area contributed by atoms with E-state index in [-0.39, 0.29) is 6.10 Å². The van der Waals surface area contributed by atoms with E-state index in [1.807, 2.05) is 18.7 Å². The SMILES string of the molecule is CCCCCCCCCCCCCCCCOCC(COCc1ccc(CN2C=CSC2)cc1)OCC. The molecule has 0 bridgehead atoms. The summed E-state index contributed by atoms with van der Waals surface area (Å²) in [5.74, 6) is 1.05. The summed E-state index contributed by atoms with van der Waals surface area (Å²) in [5.41, 5.74) is 2.54. The van der Waals surface area contributed by atoms with E-state index in [1.54, 1.807) is 0 Å². The number of ether oxygens (including phenoxy) is 3. The van der Waals surface area contributed by atoms with Crippen LogP contribution in [0.4, 0.5) is 0 Å². The fourth-order valence-electron chi connectivity index (χ4n) is 4.69. The second-order valence-electron chi connectivity index (χ2n) is 10.4. The molecule has 1 aliphatic rings. The van der Waals surface area contributed by atoms with Crippen molar-refractivity contribution in [1.29, 1.82) is 0 Å². The fraction of sp³-hybridized carbons (Fsp3) is 0.750. The summed E-state index contributed by atoms with van der Waals surface area (Å²) < 4.78 is 17.7. The van der Waals surface area contributed by atoms with Crippen molar-refractivity contribution in [2.75, 3.05) is 32.3 Å². The van der Waals surface area contributed by atoms with Gasteiger partial charge in [-0.25, -0.2) is 0 Å². The maximum absolute atomic E-state index is 5.96. The molecule has 0 fully saturated rings. The Morgan fingerprint density at radius 2 is 1.30 bits per heavy atom. The van der Waals surface area contributed by atoms with Crippen LogP contribution in [0.15, 0.2) is 35.9 Å². The van der Waals surface area contributed by atoms with E-state index in [1.165, 1.54) is 94.6 Å². The van der Waals surface area contributed by atoms with Crippen LogP contribution in [0.3, 0.4) is 0 Å². The average molecular weight is 534 g/mol. The van der Waals surface area contributed by atoms with Gasteiger partial charge in [0.05, 0.1) is 25.7 Å². The first-order chi connectivity index (χ1) is 18.3. The summed E-state index contributed by atoms with van der Waals surface area (Å²) in [5, 5.41) is 2.15. The predicted molar refractivity (Wildman–Crippen MR) is 160 cm³/mol. The monoisotopic (exact) mass is 533 g/mol. The van der Waals surface area contributed by atoms with Gasteiger partial charge in [0, 0.05) is 26.0 Å². The molecule has 4 nitrogen and oxygen atoms in total. The minimum Gasteiger partial charge on any atom is -0.379 e. The second kappa shape index (κ2) is 22.9. The number of hydrogen-bond donors (Lipinski definition) is 0. The van der Waals surface area contributed by atoms with Gasteiger partial charge in [-0.3, -0.25) is 0 Å². The summed E-state index contributed by atoms with van der Waals surface area (Å²) >= 11 is 1.84. The Kier molecular flexibility index (Phi) is 20.0. The van der Waals surface area contributed by atoms with Crippen molar-refractivity contribution in [3.63, 3.8) is 0 Å². The average Bonchev–Trinajstić information content (AvgIpc) is 3.42. The van der Waals surface area contributed by atoms with Gasteiger partial charge >= 0.3 is 0 Å². The number of thioether (sulfide) groups is 1. The van der Waals surface area contributed by atoms with Gasteiger partial charge in [-0.15, -0.1) is 11.8 Å². The molecule has 0 N–H and O–H groups in total. The van der Waals surface area contributed by atoms with E-state index < -0.39 is 0 Å². The molecule has 0 aliphatic carbocycles. The Bertz CT molecular complexity index is 667. The predicted octanol–water partition coefficient (Wildman–Crippen LogP) is 9.08. The lowest BCUT2D eigenvalue weighted by molar-refractivity contribution is -0.0601. The van der Waals surface area contributed by atoms with Crippen molar-refractivity contribution in [2.45, 2.75) is 123 Å². The molecule has 1 heterocycles. The lowest BCUT2D eigenvalue weighted by Crippen LogP contribution is -2.26. The molecule has 37 heavy (non-hydrogen) atoms. The van der Waals surface area contributed by atoms with Crippen LogP contribution in [-0.4, -0.2) is 43.3 Å². The summed E-state index contributed by atoms with van der Waals surface area (Å²) in [6.45, 7) is 8.61. The van der Waals surface area contributed by atoms with Gasteiger partial charge in [0.15, 0.2) is 0 Å². The molecule has 5 heteroatoms. The molecule has 2 rings (SSSR count). The highest BCUT2D eigenvalue weighted by Crippen LogP contribution is 2.18. The highest BCUT2D eigenvalue weighted by Gasteiger charge is 2.10. The lowest BCUT2D eigenvalue weighted by Gasteiger charge is -2.18. The first-order valence-electron chi connectivity index (χ1n) is 15.2. The normalized spacial score (nSPS) is 14.1. The third kappa shape index (κ3) is 17.2. The Hall–Kier alpha value is -1.01. The number of unbranched alkanes of at least 4 members (excludes halogenated alkanes) is 13. The van der Waals surface area contributed by atoms with Gasteiger partial charge in [0.2, 0.25) is 0 Å². The number of nitrogens with zero attached hydrogens (tertiary/aromatic N) is 1. The quantitative estimate of drug-likeness (QED) is 0.117. The van der Waals surface area contributed by atoms with Crippen LogP contribution >= 0.6 is 11.8 Å².